The summed E-state index contributed by atoms with van der Waals surface area (Å²) < 4.78 is 13.8. The molecule has 4 heteroatoms. The van der Waals surface area contributed by atoms with Gasteiger partial charge in [0.2, 0.25) is 0 Å². The average molecular weight is 280 g/mol. The molecule has 52 valence electrons. The van der Waals surface area contributed by atoms with E-state index in [0.717, 1.165) is 4.47 Å². The van der Waals surface area contributed by atoms with Crippen LogP contribution in [0.15, 0.2) is 27.1 Å². The molecule has 0 radical (unpaired) electrons. The maximum atomic E-state index is 12.4. The summed E-state index contributed by atoms with van der Waals surface area (Å²) in [6, 6.07) is 4.71. The van der Waals surface area contributed by atoms with Crippen LogP contribution < -0.4 is 0 Å². The van der Waals surface area contributed by atoms with Gasteiger partial charge in [0.1, 0.15) is 5.82 Å². The van der Waals surface area contributed by atoms with Crippen molar-refractivity contribution in [2.75, 3.05) is 0 Å². The molecule has 0 aliphatic heterocycles. The Morgan fingerprint density at radius 2 is 1.90 bits per heavy atom. The summed E-state index contributed by atoms with van der Waals surface area (Å²) in [6.45, 7) is 0. The normalized spacial score (nSPS) is 8.70. The van der Waals surface area contributed by atoms with Crippen LogP contribution in [0.5, 0.6) is 0 Å². The zero-order valence-electron chi connectivity index (χ0n) is 7.07. The molecule has 0 heterocycles. The molecule has 0 amide bonds. The van der Waals surface area contributed by atoms with Crippen LogP contribution in [0.4, 0.5) is 4.39 Å². The van der Waals surface area contributed by atoms with Crippen LogP contribution in [-0.4, -0.2) is 23.1 Å². The molecule has 0 aliphatic carbocycles. The van der Waals surface area contributed by atoms with E-state index in [1.807, 2.05) is 0 Å². The molecule has 0 N–H and O–H groups in total. The topological polar surface area (TPSA) is 0 Å². The molecule has 10 heavy (non-hydrogen) atoms. The van der Waals surface area contributed by atoms with E-state index in [2.05, 4.69) is 31.9 Å². The zero-order chi connectivity index (χ0) is 6.85. The van der Waals surface area contributed by atoms with Gasteiger partial charge in [-0.05, 0) is 34.1 Å². The quantitative estimate of drug-likeness (QED) is 0.506. The fourth-order valence-electron chi connectivity index (χ4n) is 0.470. The smallest absolute Gasteiger partial charge is 1.00 e. The van der Waals surface area contributed by atoms with Crippen molar-refractivity contribution in [1.82, 2.24) is 0 Å². The van der Waals surface area contributed by atoms with Gasteiger partial charge in [0, 0.05) is 4.47 Å². The monoisotopic (exact) mass is 278 g/mol. The first-order valence-electron chi connectivity index (χ1n) is 2.30. The minimum absolute atomic E-state index is 0. The van der Waals surface area contributed by atoms with Gasteiger partial charge in [0.05, 0.1) is 4.47 Å². The summed E-state index contributed by atoms with van der Waals surface area (Å²) in [5.74, 6) is -0.238. The minimum atomic E-state index is -0.238. The number of halogens is 3. The van der Waals surface area contributed by atoms with Crippen molar-refractivity contribution in [3.05, 3.63) is 33.0 Å². The predicted molar refractivity (Wildman–Crippen MR) is 49.8 cm³/mol. The Morgan fingerprint density at radius 1 is 1.30 bits per heavy atom. The Labute approximate surface area is 94.6 Å². The van der Waals surface area contributed by atoms with Crippen molar-refractivity contribution in [3.8, 4) is 0 Å². The first-order valence-corrected chi connectivity index (χ1v) is 3.89. The molecule has 0 saturated heterocycles. The molecule has 0 spiro atoms. The van der Waals surface area contributed by atoms with E-state index < -0.39 is 0 Å². The molecule has 0 aromatic heterocycles. The molecule has 0 nitrogen and oxygen atoms in total. The fraction of sp³-hybridized carbons (Fsp3) is 0. The van der Waals surface area contributed by atoms with E-state index in [4.69, 9.17) is 0 Å². The van der Waals surface area contributed by atoms with Gasteiger partial charge in [-0.1, -0.05) is 15.9 Å². The molecule has 1 rings (SSSR count). The summed E-state index contributed by atoms with van der Waals surface area (Å²) in [4.78, 5) is 0. The second-order valence-electron chi connectivity index (χ2n) is 1.56. The molecule has 1 aromatic carbocycles. The van der Waals surface area contributed by atoms with Gasteiger partial charge in [-0.2, -0.15) is 0 Å². The Balaban J connectivity index is -0.000000270. The van der Waals surface area contributed by atoms with E-state index in [1.165, 1.54) is 6.07 Å². The summed E-state index contributed by atoms with van der Waals surface area (Å²) in [5.41, 5.74) is 0. The number of hydrogen-bond donors (Lipinski definition) is 0. The first kappa shape index (κ1) is 10.9. The molecule has 0 aliphatic rings. The van der Waals surface area contributed by atoms with Crippen molar-refractivity contribution in [2.45, 2.75) is 0 Å². The number of rotatable bonds is 0. The van der Waals surface area contributed by atoms with Crippen LogP contribution >= 0.6 is 31.9 Å². The van der Waals surface area contributed by atoms with Gasteiger partial charge in [0.15, 0.2) is 0 Å². The largest absolute Gasteiger partial charge is 2.00 e. The van der Waals surface area contributed by atoms with Crippen LogP contribution in [0, 0.1) is 5.82 Å². The van der Waals surface area contributed by atoms with Crippen molar-refractivity contribution in [1.29, 1.82) is 0 Å². The Kier molecular flexibility index (Phi) is 5.10. The summed E-state index contributed by atoms with van der Waals surface area (Å²) in [5, 5.41) is 0. The van der Waals surface area contributed by atoms with E-state index >= 15 is 0 Å². The Hall–Kier alpha value is 0.876. The molecule has 0 fully saturated rings. The second kappa shape index (κ2) is 4.69. The Morgan fingerprint density at radius 3 is 2.30 bits per heavy atom. The third kappa shape index (κ3) is 2.86. The van der Waals surface area contributed by atoms with E-state index in [0.29, 0.717) is 4.47 Å². The SMILES string of the molecule is Fc1ccc(Br)cc1Br.[H-].[H-].[Mg+2]. The standard InChI is InChI=1S/C6H3Br2F.Mg.2H/c7-4-1-2-6(9)5(8)3-4;;;/h1-3H;;;/q;+2;2*-1. The van der Waals surface area contributed by atoms with Gasteiger partial charge in [-0.15, -0.1) is 0 Å². The van der Waals surface area contributed by atoms with Gasteiger partial charge in [0.25, 0.3) is 0 Å². The van der Waals surface area contributed by atoms with Gasteiger partial charge < -0.3 is 2.85 Å². The van der Waals surface area contributed by atoms with Crippen molar-refractivity contribution in [2.24, 2.45) is 0 Å². The number of hydrogen-bond acceptors (Lipinski definition) is 0. The van der Waals surface area contributed by atoms with Crippen molar-refractivity contribution in [3.63, 3.8) is 0 Å². The molecular formula is C6H5Br2FMg. The molecule has 0 bridgehead atoms. The third-order valence-corrected chi connectivity index (χ3v) is 1.98. The Bertz CT molecular complexity index is 235. The summed E-state index contributed by atoms with van der Waals surface area (Å²) in [7, 11) is 0. The van der Waals surface area contributed by atoms with Gasteiger partial charge >= 0.3 is 23.1 Å². The third-order valence-electron chi connectivity index (χ3n) is 0.882. The van der Waals surface area contributed by atoms with Gasteiger partial charge in [-0.3, -0.25) is 0 Å². The second-order valence-corrected chi connectivity index (χ2v) is 3.33. The van der Waals surface area contributed by atoms with Crippen LogP contribution in [0.25, 0.3) is 0 Å². The van der Waals surface area contributed by atoms with Crippen LogP contribution in [0.3, 0.4) is 0 Å². The maximum Gasteiger partial charge on any atom is 2.00 e. The average Bonchev–Trinajstić information content (AvgIpc) is 1.80. The van der Waals surface area contributed by atoms with Crippen LogP contribution in [0.1, 0.15) is 2.85 Å². The molecule has 0 saturated carbocycles. The predicted octanol–water partition coefficient (Wildman–Crippen LogP) is 3.19. The maximum absolute atomic E-state index is 12.4. The van der Waals surface area contributed by atoms with Crippen LogP contribution in [-0.2, 0) is 0 Å². The minimum Gasteiger partial charge on any atom is -1.00 e. The summed E-state index contributed by atoms with van der Waals surface area (Å²) >= 11 is 6.24. The van der Waals surface area contributed by atoms with Gasteiger partial charge in [-0.25, -0.2) is 4.39 Å². The number of benzene rings is 1. The van der Waals surface area contributed by atoms with Crippen molar-refractivity contribution < 1.29 is 7.24 Å². The zero-order valence-corrected chi connectivity index (χ0v) is 9.66. The van der Waals surface area contributed by atoms with E-state index in [1.54, 1.807) is 12.1 Å². The molecule has 0 unspecified atom stereocenters. The molecular weight excluding hydrogens is 275 g/mol. The first-order chi connectivity index (χ1) is 4.20. The summed E-state index contributed by atoms with van der Waals surface area (Å²) in [6.07, 6.45) is 0. The van der Waals surface area contributed by atoms with E-state index in [-0.39, 0.29) is 31.7 Å². The van der Waals surface area contributed by atoms with Crippen molar-refractivity contribution >= 4 is 54.9 Å². The molecule has 1 aromatic rings. The van der Waals surface area contributed by atoms with E-state index in [9.17, 15) is 4.39 Å². The fourth-order valence-corrected chi connectivity index (χ4v) is 1.52. The molecule has 0 atom stereocenters. The van der Waals surface area contributed by atoms with Crippen LogP contribution in [0.2, 0.25) is 0 Å².